The Hall–Kier alpha value is -2.33. The number of nitrogens with zero attached hydrogens (tertiary/aromatic N) is 3. The lowest BCUT2D eigenvalue weighted by Gasteiger charge is -2.25. The molecule has 2 heterocycles. The third kappa shape index (κ3) is 3.59. The van der Waals surface area contributed by atoms with E-state index in [1.165, 1.54) is 24.1 Å². The molecule has 1 saturated heterocycles. The van der Waals surface area contributed by atoms with Gasteiger partial charge in [0.25, 0.3) is 0 Å². The number of hydrogen-bond acceptors (Lipinski definition) is 3. The van der Waals surface area contributed by atoms with Gasteiger partial charge in [0, 0.05) is 31.1 Å². The Morgan fingerprint density at radius 2 is 1.81 bits per heavy atom. The van der Waals surface area contributed by atoms with Crippen LogP contribution in [0.5, 0.6) is 0 Å². The van der Waals surface area contributed by atoms with E-state index in [-0.39, 0.29) is 5.60 Å². The van der Waals surface area contributed by atoms with Crippen LogP contribution >= 0.6 is 0 Å². The van der Waals surface area contributed by atoms with Crippen molar-refractivity contribution in [1.29, 1.82) is 0 Å². The minimum atomic E-state index is -0.302. The van der Waals surface area contributed by atoms with Gasteiger partial charge in [0.15, 0.2) is 0 Å². The minimum absolute atomic E-state index is 0.302. The van der Waals surface area contributed by atoms with Gasteiger partial charge in [-0.3, -0.25) is 4.57 Å². The lowest BCUT2D eigenvalue weighted by molar-refractivity contribution is -0.0211. The van der Waals surface area contributed by atoms with Crippen LogP contribution in [0.2, 0.25) is 0 Å². The van der Waals surface area contributed by atoms with Crippen molar-refractivity contribution in [3.63, 3.8) is 0 Å². The van der Waals surface area contributed by atoms with E-state index in [0.717, 1.165) is 42.8 Å². The summed E-state index contributed by atoms with van der Waals surface area (Å²) in [6.07, 6.45) is 5.53. The average molecular weight is 364 g/mol. The van der Waals surface area contributed by atoms with Gasteiger partial charge in [0.05, 0.1) is 16.6 Å². The van der Waals surface area contributed by atoms with Gasteiger partial charge >= 0.3 is 0 Å². The fourth-order valence-corrected chi connectivity index (χ4v) is 3.85. The fourth-order valence-electron chi connectivity index (χ4n) is 3.85. The summed E-state index contributed by atoms with van der Waals surface area (Å²) < 4.78 is 8.22. The van der Waals surface area contributed by atoms with Gasteiger partial charge < -0.3 is 9.64 Å². The first-order valence-corrected chi connectivity index (χ1v) is 10.1. The Balaban J connectivity index is 1.67. The lowest BCUT2D eigenvalue weighted by atomic mass is 9.97. The lowest BCUT2D eigenvalue weighted by Crippen LogP contribution is -2.22. The van der Waals surface area contributed by atoms with Gasteiger partial charge in [-0.25, -0.2) is 4.98 Å². The van der Waals surface area contributed by atoms with E-state index >= 15 is 0 Å². The van der Waals surface area contributed by atoms with Crippen molar-refractivity contribution < 1.29 is 4.74 Å². The van der Waals surface area contributed by atoms with Crippen LogP contribution in [0.25, 0.3) is 16.7 Å². The van der Waals surface area contributed by atoms with Crippen molar-refractivity contribution in [2.45, 2.75) is 45.6 Å². The van der Waals surface area contributed by atoms with Crippen molar-refractivity contribution in [3.8, 4) is 5.69 Å². The maximum absolute atomic E-state index is 6.04. The second kappa shape index (κ2) is 7.35. The molecule has 0 saturated carbocycles. The number of fused-ring (bicyclic) bond motifs is 1. The second-order valence-electron chi connectivity index (χ2n) is 7.89. The van der Waals surface area contributed by atoms with Crippen LogP contribution in [-0.4, -0.2) is 29.2 Å². The van der Waals surface area contributed by atoms with Crippen molar-refractivity contribution in [2.24, 2.45) is 0 Å². The van der Waals surface area contributed by atoms with Crippen molar-refractivity contribution in [1.82, 2.24) is 9.55 Å². The smallest absolute Gasteiger partial charge is 0.100 e. The van der Waals surface area contributed by atoms with Crippen molar-refractivity contribution in [2.75, 3.05) is 24.6 Å². The van der Waals surface area contributed by atoms with Gasteiger partial charge in [-0.15, -0.1) is 0 Å². The first-order chi connectivity index (χ1) is 13.1. The molecule has 0 spiro atoms. The van der Waals surface area contributed by atoms with Crippen molar-refractivity contribution >= 4 is 16.7 Å². The predicted octanol–water partition coefficient (Wildman–Crippen LogP) is 5.29. The SMILES string of the molecule is CCCOC(C)(C)c1ccc2c(c1)ncn2-c1cccc(N2CCCC2)c1. The molecule has 0 amide bonds. The summed E-state index contributed by atoms with van der Waals surface area (Å²) in [5.74, 6) is 0. The van der Waals surface area contributed by atoms with Gasteiger partial charge in [0.2, 0.25) is 0 Å². The van der Waals surface area contributed by atoms with E-state index in [1.54, 1.807) is 0 Å². The highest BCUT2D eigenvalue weighted by Crippen LogP contribution is 2.29. The quantitative estimate of drug-likeness (QED) is 0.596. The fraction of sp³-hybridized carbons (Fsp3) is 0.435. The summed E-state index contributed by atoms with van der Waals surface area (Å²) in [5, 5.41) is 0. The Labute approximate surface area is 161 Å². The molecule has 1 aliphatic rings. The summed E-state index contributed by atoms with van der Waals surface area (Å²) in [6, 6.07) is 15.3. The number of rotatable bonds is 6. The van der Waals surface area contributed by atoms with E-state index in [1.807, 2.05) is 6.33 Å². The van der Waals surface area contributed by atoms with Crippen LogP contribution in [0.3, 0.4) is 0 Å². The molecule has 0 atom stereocenters. The second-order valence-corrected chi connectivity index (χ2v) is 7.89. The molecule has 4 rings (SSSR count). The van der Waals surface area contributed by atoms with E-state index in [4.69, 9.17) is 4.74 Å². The molecule has 1 aromatic heterocycles. The highest BCUT2D eigenvalue weighted by molar-refractivity contribution is 5.78. The molecule has 27 heavy (non-hydrogen) atoms. The zero-order chi connectivity index (χ0) is 18.9. The molecule has 0 unspecified atom stereocenters. The standard InChI is InChI=1S/C23H29N3O/c1-4-14-27-23(2,3)18-10-11-22-21(15-18)24-17-26(22)20-9-7-8-19(16-20)25-12-5-6-13-25/h7-11,15-17H,4-6,12-14H2,1-3H3. The molecule has 4 heteroatoms. The summed E-state index contributed by atoms with van der Waals surface area (Å²) in [6.45, 7) is 9.47. The summed E-state index contributed by atoms with van der Waals surface area (Å²) in [7, 11) is 0. The zero-order valence-corrected chi connectivity index (χ0v) is 16.6. The van der Waals surface area contributed by atoms with Crippen LogP contribution in [0.4, 0.5) is 5.69 Å². The molecule has 1 aliphatic heterocycles. The number of ether oxygens (including phenoxy) is 1. The molecular weight excluding hydrogens is 334 g/mol. The van der Waals surface area contributed by atoms with Crippen LogP contribution < -0.4 is 4.90 Å². The number of anilines is 1. The first-order valence-electron chi connectivity index (χ1n) is 10.1. The number of imidazole rings is 1. The van der Waals surface area contributed by atoms with Crippen LogP contribution in [0, 0.1) is 0 Å². The summed E-state index contributed by atoms with van der Waals surface area (Å²) >= 11 is 0. The molecule has 3 aromatic rings. The maximum Gasteiger partial charge on any atom is 0.100 e. The third-order valence-corrected chi connectivity index (χ3v) is 5.49. The predicted molar refractivity (Wildman–Crippen MR) is 112 cm³/mol. The molecular formula is C23H29N3O. The van der Waals surface area contributed by atoms with Gasteiger partial charge in [-0.05, 0) is 69.0 Å². The molecule has 0 N–H and O–H groups in total. The molecule has 0 bridgehead atoms. The summed E-state index contributed by atoms with van der Waals surface area (Å²) in [5.41, 5.74) is 5.47. The normalized spacial score (nSPS) is 15.0. The summed E-state index contributed by atoms with van der Waals surface area (Å²) in [4.78, 5) is 7.14. The van der Waals surface area contributed by atoms with E-state index in [2.05, 4.69) is 77.7 Å². The van der Waals surface area contributed by atoms with Crippen LogP contribution in [0.1, 0.15) is 45.6 Å². The van der Waals surface area contributed by atoms with Crippen molar-refractivity contribution in [3.05, 3.63) is 54.4 Å². The Bertz CT molecular complexity index is 922. The zero-order valence-electron chi connectivity index (χ0n) is 16.6. The molecule has 0 radical (unpaired) electrons. The average Bonchev–Trinajstić information content (AvgIpc) is 3.36. The molecule has 1 fully saturated rings. The highest BCUT2D eigenvalue weighted by atomic mass is 16.5. The molecule has 0 aliphatic carbocycles. The number of hydrogen-bond donors (Lipinski definition) is 0. The number of benzene rings is 2. The van der Waals surface area contributed by atoms with Gasteiger partial charge in [0.1, 0.15) is 6.33 Å². The molecule has 142 valence electrons. The van der Waals surface area contributed by atoms with E-state index in [9.17, 15) is 0 Å². The highest BCUT2D eigenvalue weighted by Gasteiger charge is 2.22. The Kier molecular flexibility index (Phi) is 4.92. The monoisotopic (exact) mass is 363 g/mol. The van der Waals surface area contributed by atoms with Crippen LogP contribution in [-0.2, 0) is 10.3 Å². The largest absolute Gasteiger partial charge is 0.371 e. The Morgan fingerprint density at radius 3 is 2.59 bits per heavy atom. The molecule has 4 nitrogen and oxygen atoms in total. The third-order valence-electron chi connectivity index (χ3n) is 5.49. The first kappa shape index (κ1) is 18.1. The van der Waals surface area contributed by atoms with Crippen LogP contribution in [0.15, 0.2) is 48.8 Å². The Morgan fingerprint density at radius 1 is 1.04 bits per heavy atom. The molecule has 2 aromatic carbocycles. The minimum Gasteiger partial charge on any atom is -0.371 e. The maximum atomic E-state index is 6.04. The van der Waals surface area contributed by atoms with E-state index in [0.29, 0.717) is 0 Å². The topological polar surface area (TPSA) is 30.3 Å². The van der Waals surface area contributed by atoms with Gasteiger partial charge in [-0.1, -0.05) is 19.1 Å². The number of aromatic nitrogens is 2. The van der Waals surface area contributed by atoms with E-state index < -0.39 is 0 Å². The van der Waals surface area contributed by atoms with Gasteiger partial charge in [-0.2, -0.15) is 0 Å².